The van der Waals surface area contributed by atoms with Crippen molar-refractivity contribution in [1.29, 1.82) is 0 Å². The Morgan fingerprint density at radius 2 is 1.77 bits per heavy atom. The van der Waals surface area contributed by atoms with E-state index in [0.717, 1.165) is 18.2 Å². The van der Waals surface area contributed by atoms with E-state index in [-0.39, 0.29) is 54.8 Å². The number of halogens is 8. The molecule has 4 aliphatic rings. The second kappa shape index (κ2) is 8.88. The summed E-state index contributed by atoms with van der Waals surface area (Å²) < 4.78 is 137. The van der Waals surface area contributed by atoms with Crippen LogP contribution in [0.5, 0.6) is 0 Å². The number of nitrogens with zero attached hydrogens (tertiary/aromatic N) is 2. The summed E-state index contributed by atoms with van der Waals surface area (Å²) in [6, 6.07) is 1.99. The lowest BCUT2D eigenvalue weighted by atomic mass is 9.78. The lowest BCUT2D eigenvalue weighted by molar-refractivity contribution is -0.350. The lowest BCUT2D eigenvalue weighted by Gasteiger charge is -2.43. The second-order valence-electron chi connectivity index (χ2n) is 11.8. The lowest BCUT2D eigenvalue weighted by Crippen LogP contribution is -2.56. The van der Waals surface area contributed by atoms with E-state index in [4.69, 9.17) is 0 Å². The minimum atomic E-state index is -6.44. The maximum Gasteiger partial charge on any atom is 0.437 e. The number of aromatic nitrogens is 1. The first-order chi connectivity index (χ1) is 19.8. The van der Waals surface area contributed by atoms with Gasteiger partial charge in [0.25, 0.3) is 0 Å². The molecule has 1 aromatic heterocycles. The zero-order valence-corrected chi connectivity index (χ0v) is 23.0. The number of likely N-dealkylation sites (tertiary alicyclic amines) is 1. The van der Waals surface area contributed by atoms with Crippen LogP contribution in [0.4, 0.5) is 35.1 Å². The zero-order chi connectivity index (χ0) is 31.5. The monoisotopic (exact) mass is 637 g/mol. The van der Waals surface area contributed by atoms with E-state index in [1.807, 2.05) is 0 Å². The standard InChI is InChI=1S/C27H23F8N3O4S/c1-23-11-16(23)21(39)37-20(23)22(40)38-8-7-24(43(41,42)15-4-2-3-14(28)10-15)17-12-36-18(9-13(17)5-6-19(24)38)25(29,26(30,31)32)27(33,34)35/h2-4,9-10,12,16,19-20H,5-8,11H2,1H3,(H,37,39)/t16?,19?,20-,23+,24?/m1/s1. The SMILES string of the molecule is C[C@]12CC1C(=O)N[C@@H]2C(=O)N1CCC2(S(=O)(=O)c3cccc(F)c3)c3cnc(C(F)(C(F)(F)F)C(F)(F)F)cc3CCC12. The van der Waals surface area contributed by atoms with E-state index in [9.17, 15) is 53.1 Å². The van der Waals surface area contributed by atoms with E-state index in [0.29, 0.717) is 18.7 Å². The predicted octanol–water partition coefficient (Wildman–Crippen LogP) is 4.25. The van der Waals surface area contributed by atoms with Gasteiger partial charge in [0.2, 0.25) is 11.8 Å². The molecule has 232 valence electrons. The third-order valence-electron chi connectivity index (χ3n) is 9.56. The van der Waals surface area contributed by atoms with Gasteiger partial charge in [-0.2, -0.15) is 26.3 Å². The van der Waals surface area contributed by atoms with Crippen LogP contribution in [-0.4, -0.2) is 61.1 Å². The quantitative estimate of drug-likeness (QED) is 0.506. The number of pyridine rings is 1. The molecular weight excluding hydrogens is 614 g/mol. The smallest absolute Gasteiger partial charge is 0.343 e. The van der Waals surface area contributed by atoms with Crippen LogP contribution in [0.2, 0.25) is 0 Å². The molecule has 2 aromatic rings. The third-order valence-corrected chi connectivity index (χ3v) is 12.1. The summed E-state index contributed by atoms with van der Waals surface area (Å²) in [6.07, 6.45) is -12.9. The van der Waals surface area contributed by atoms with Crippen molar-refractivity contribution in [2.24, 2.45) is 11.3 Å². The molecule has 2 aliphatic carbocycles. The van der Waals surface area contributed by atoms with Gasteiger partial charge >= 0.3 is 18.0 Å². The van der Waals surface area contributed by atoms with Gasteiger partial charge in [-0.15, -0.1) is 0 Å². The molecule has 1 saturated carbocycles. The van der Waals surface area contributed by atoms with E-state index in [2.05, 4.69) is 10.3 Å². The molecule has 3 fully saturated rings. The first-order valence-electron chi connectivity index (χ1n) is 13.2. The molecule has 3 unspecified atom stereocenters. The van der Waals surface area contributed by atoms with Crippen LogP contribution in [0.25, 0.3) is 0 Å². The maximum absolute atomic E-state index is 14.9. The summed E-state index contributed by atoms with van der Waals surface area (Å²) in [6.45, 7) is 1.53. The van der Waals surface area contributed by atoms with E-state index in [1.54, 1.807) is 6.92 Å². The number of carbonyl (C=O) groups is 2. The molecular formula is C27H23F8N3O4S. The fourth-order valence-corrected chi connectivity index (χ4v) is 9.54. The molecule has 7 nitrogen and oxygen atoms in total. The maximum atomic E-state index is 14.9. The average Bonchev–Trinajstić information content (AvgIpc) is 3.34. The summed E-state index contributed by atoms with van der Waals surface area (Å²) in [5.41, 5.74) is -9.16. The molecule has 43 heavy (non-hydrogen) atoms. The summed E-state index contributed by atoms with van der Waals surface area (Å²) in [5.74, 6) is -2.22. The van der Waals surface area contributed by atoms with Gasteiger partial charge in [0.15, 0.2) is 9.84 Å². The van der Waals surface area contributed by atoms with Gasteiger partial charge in [0.1, 0.15) is 16.6 Å². The highest BCUT2D eigenvalue weighted by molar-refractivity contribution is 7.92. The number of rotatable bonds is 4. The zero-order valence-electron chi connectivity index (χ0n) is 22.2. The first-order valence-corrected chi connectivity index (χ1v) is 14.7. The van der Waals surface area contributed by atoms with Crippen LogP contribution in [0.1, 0.15) is 43.0 Å². The Morgan fingerprint density at radius 1 is 1.09 bits per heavy atom. The Bertz CT molecular complexity index is 1650. The topological polar surface area (TPSA) is 96.4 Å². The summed E-state index contributed by atoms with van der Waals surface area (Å²) in [4.78, 5) is 30.0. The summed E-state index contributed by atoms with van der Waals surface area (Å²) in [5, 5.41) is 2.63. The highest BCUT2D eigenvalue weighted by atomic mass is 32.2. The number of alkyl halides is 7. The number of benzene rings is 1. The number of carbonyl (C=O) groups excluding carboxylic acids is 2. The summed E-state index contributed by atoms with van der Waals surface area (Å²) >= 11 is 0. The second-order valence-corrected chi connectivity index (χ2v) is 14.0. The van der Waals surface area contributed by atoms with Gasteiger partial charge in [-0.3, -0.25) is 14.6 Å². The van der Waals surface area contributed by atoms with Crippen molar-refractivity contribution >= 4 is 21.7 Å². The van der Waals surface area contributed by atoms with Crippen molar-refractivity contribution in [2.75, 3.05) is 6.54 Å². The van der Waals surface area contributed by atoms with Crippen molar-refractivity contribution in [1.82, 2.24) is 15.2 Å². The number of sulfone groups is 1. The van der Waals surface area contributed by atoms with Gasteiger partial charge in [-0.1, -0.05) is 13.0 Å². The van der Waals surface area contributed by atoms with Gasteiger partial charge in [-0.05, 0) is 61.1 Å². The highest BCUT2D eigenvalue weighted by Gasteiger charge is 2.75. The van der Waals surface area contributed by atoms with Crippen LogP contribution in [0.3, 0.4) is 0 Å². The van der Waals surface area contributed by atoms with E-state index in [1.165, 1.54) is 4.90 Å². The van der Waals surface area contributed by atoms with Crippen molar-refractivity contribution in [3.8, 4) is 0 Å². The molecule has 3 heterocycles. The largest absolute Gasteiger partial charge is 0.437 e. The van der Waals surface area contributed by atoms with Crippen molar-refractivity contribution in [3.05, 3.63) is 59.2 Å². The van der Waals surface area contributed by atoms with Gasteiger partial charge < -0.3 is 10.2 Å². The van der Waals surface area contributed by atoms with Gasteiger partial charge in [0.05, 0.1) is 16.6 Å². The molecule has 0 radical (unpaired) electrons. The third kappa shape index (κ3) is 3.83. The molecule has 2 saturated heterocycles. The molecule has 1 N–H and O–H groups in total. The molecule has 2 aliphatic heterocycles. The Kier molecular flexibility index (Phi) is 6.15. The van der Waals surface area contributed by atoms with Crippen LogP contribution in [0, 0.1) is 17.2 Å². The number of nitrogens with one attached hydrogen (secondary N) is 1. The minimum absolute atomic E-state index is 0.204. The number of aryl methyl sites for hydroxylation is 1. The molecule has 1 aromatic carbocycles. The molecule has 6 rings (SSSR count). The number of hydrogen-bond donors (Lipinski definition) is 1. The van der Waals surface area contributed by atoms with Crippen molar-refractivity contribution < 1.29 is 53.1 Å². The predicted molar refractivity (Wildman–Crippen MR) is 131 cm³/mol. The van der Waals surface area contributed by atoms with Crippen LogP contribution < -0.4 is 5.32 Å². The number of piperidine rings is 1. The molecule has 0 spiro atoms. The molecule has 0 bridgehead atoms. The Labute approximate surface area is 239 Å². The highest BCUT2D eigenvalue weighted by Crippen LogP contribution is 2.60. The van der Waals surface area contributed by atoms with Crippen molar-refractivity contribution in [2.45, 2.75) is 72.4 Å². The van der Waals surface area contributed by atoms with Crippen LogP contribution in [-0.2, 0) is 36.3 Å². The van der Waals surface area contributed by atoms with Crippen molar-refractivity contribution in [3.63, 3.8) is 0 Å². The van der Waals surface area contributed by atoms with Gasteiger partial charge in [-0.25, -0.2) is 17.2 Å². The van der Waals surface area contributed by atoms with E-state index < -0.39 is 72.4 Å². The molecule has 5 atom stereocenters. The Morgan fingerprint density at radius 3 is 2.33 bits per heavy atom. The normalized spacial score (nSPS) is 30.4. The Hall–Kier alpha value is -3.30. The van der Waals surface area contributed by atoms with Crippen LogP contribution in [0.15, 0.2) is 41.4 Å². The number of fused-ring (bicyclic) bond motifs is 4. The van der Waals surface area contributed by atoms with E-state index >= 15 is 0 Å². The van der Waals surface area contributed by atoms with Gasteiger partial charge in [0, 0.05) is 24.1 Å². The fraction of sp³-hybridized carbons (Fsp3) is 0.519. The van der Waals surface area contributed by atoms with Crippen LogP contribution >= 0.6 is 0 Å². The Balaban J connectivity index is 1.51. The summed E-state index contributed by atoms with van der Waals surface area (Å²) in [7, 11) is -4.72. The molecule has 2 amide bonds. The fourth-order valence-electron chi connectivity index (χ4n) is 7.16. The first kappa shape index (κ1) is 29.8. The molecule has 16 heteroatoms. The average molecular weight is 638 g/mol. The number of amides is 2. The number of hydrogen-bond acceptors (Lipinski definition) is 5. The minimum Gasteiger partial charge on any atom is -0.343 e.